The number of thioether (sulfide) groups is 1. The summed E-state index contributed by atoms with van der Waals surface area (Å²) in [7, 11) is 1.65. The molecule has 0 spiro atoms. The SMILES string of the molecule is COc1ccc(SCCC(=O)Nc2cccc(C)c2)cc1. The Morgan fingerprint density at radius 1 is 1.19 bits per heavy atom. The van der Waals surface area contributed by atoms with Gasteiger partial charge in [0.25, 0.3) is 0 Å². The maximum absolute atomic E-state index is 11.9. The molecule has 0 aromatic heterocycles. The van der Waals surface area contributed by atoms with Crippen LogP contribution in [0.4, 0.5) is 5.69 Å². The molecule has 0 fully saturated rings. The van der Waals surface area contributed by atoms with Crippen LogP contribution in [-0.4, -0.2) is 18.8 Å². The first-order chi connectivity index (χ1) is 10.2. The van der Waals surface area contributed by atoms with Crippen LogP contribution >= 0.6 is 11.8 Å². The molecule has 2 rings (SSSR count). The van der Waals surface area contributed by atoms with Crippen molar-refractivity contribution in [2.75, 3.05) is 18.2 Å². The van der Waals surface area contributed by atoms with Gasteiger partial charge in [-0.2, -0.15) is 0 Å². The summed E-state index contributed by atoms with van der Waals surface area (Å²) in [6.45, 7) is 2.01. The van der Waals surface area contributed by atoms with Gasteiger partial charge in [-0.15, -0.1) is 11.8 Å². The Bertz CT molecular complexity index is 596. The van der Waals surface area contributed by atoms with Crippen molar-refractivity contribution in [2.45, 2.75) is 18.2 Å². The van der Waals surface area contributed by atoms with Crippen molar-refractivity contribution in [3.8, 4) is 5.75 Å². The number of anilines is 1. The second-order valence-electron chi connectivity index (χ2n) is 4.69. The van der Waals surface area contributed by atoms with Crippen molar-refractivity contribution in [1.82, 2.24) is 0 Å². The van der Waals surface area contributed by atoms with Crippen molar-refractivity contribution in [3.05, 3.63) is 54.1 Å². The molecule has 1 N–H and O–H groups in total. The zero-order chi connectivity index (χ0) is 15.1. The molecule has 0 heterocycles. The molecule has 4 heteroatoms. The molecule has 3 nitrogen and oxygen atoms in total. The molecule has 110 valence electrons. The highest BCUT2D eigenvalue weighted by molar-refractivity contribution is 7.99. The van der Waals surface area contributed by atoms with E-state index in [1.807, 2.05) is 55.5 Å². The van der Waals surface area contributed by atoms with E-state index in [2.05, 4.69) is 5.32 Å². The maximum Gasteiger partial charge on any atom is 0.225 e. The number of hydrogen-bond donors (Lipinski definition) is 1. The molecule has 1 amide bonds. The molecule has 0 aliphatic heterocycles. The van der Waals surface area contributed by atoms with Crippen molar-refractivity contribution in [1.29, 1.82) is 0 Å². The number of carbonyl (C=O) groups is 1. The predicted octanol–water partition coefficient (Wildman–Crippen LogP) is 4.12. The first-order valence-corrected chi connectivity index (χ1v) is 7.79. The summed E-state index contributed by atoms with van der Waals surface area (Å²) in [4.78, 5) is 13.0. The van der Waals surface area contributed by atoms with Gasteiger partial charge < -0.3 is 10.1 Å². The summed E-state index contributed by atoms with van der Waals surface area (Å²) in [6.07, 6.45) is 0.491. The van der Waals surface area contributed by atoms with Crippen LogP contribution in [0.2, 0.25) is 0 Å². The van der Waals surface area contributed by atoms with Gasteiger partial charge in [-0.05, 0) is 48.9 Å². The van der Waals surface area contributed by atoms with Crippen LogP contribution in [0.15, 0.2) is 53.4 Å². The second kappa shape index (κ2) is 7.74. The Balaban J connectivity index is 1.76. The molecule has 21 heavy (non-hydrogen) atoms. The number of hydrogen-bond acceptors (Lipinski definition) is 3. The van der Waals surface area contributed by atoms with Crippen molar-refractivity contribution in [2.24, 2.45) is 0 Å². The van der Waals surface area contributed by atoms with Crippen LogP contribution in [0.25, 0.3) is 0 Å². The summed E-state index contributed by atoms with van der Waals surface area (Å²) in [5, 5.41) is 2.91. The van der Waals surface area contributed by atoms with E-state index >= 15 is 0 Å². The van der Waals surface area contributed by atoms with Crippen LogP contribution in [0, 0.1) is 6.92 Å². The number of rotatable bonds is 6. The average Bonchev–Trinajstić information content (AvgIpc) is 2.48. The zero-order valence-corrected chi connectivity index (χ0v) is 13.1. The molecule has 0 saturated carbocycles. The quantitative estimate of drug-likeness (QED) is 0.815. The van der Waals surface area contributed by atoms with E-state index in [0.717, 1.165) is 27.6 Å². The number of amides is 1. The van der Waals surface area contributed by atoms with Gasteiger partial charge in [0.05, 0.1) is 7.11 Å². The van der Waals surface area contributed by atoms with E-state index in [9.17, 15) is 4.79 Å². The largest absolute Gasteiger partial charge is 0.497 e. The second-order valence-corrected chi connectivity index (χ2v) is 5.86. The lowest BCUT2D eigenvalue weighted by molar-refractivity contribution is -0.115. The van der Waals surface area contributed by atoms with Gasteiger partial charge in [-0.25, -0.2) is 0 Å². The Hall–Kier alpha value is -1.94. The molecule has 0 saturated heterocycles. The third-order valence-corrected chi connectivity index (χ3v) is 3.97. The summed E-state index contributed by atoms with van der Waals surface area (Å²) in [6, 6.07) is 15.7. The van der Waals surface area contributed by atoms with E-state index in [1.54, 1.807) is 18.9 Å². The highest BCUT2D eigenvalue weighted by Crippen LogP contribution is 2.22. The molecule has 0 aliphatic carbocycles. The van der Waals surface area contributed by atoms with Crippen LogP contribution in [0.3, 0.4) is 0 Å². The standard InChI is InChI=1S/C17H19NO2S/c1-13-4-3-5-14(12-13)18-17(19)10-11-21-16-8-6-15(20-2)7-9-16/h3-9,12H,10-11H2,1-2H3,(H,18,19). The molecular weight excluding hydrogens is 282 g/mol. The van der Waals surface area contributed by atoms with Gasteiger partial charge in [0.1, 0.15) is 5.75 Å². The molecule has 0 radical (unpaired) electrons. The Morgan fingerprint density at radius 3 is 2.62 bits per heavy atom. The highest BCUT2D eigenvalue weighted by atomic mass is 32.2. The van der Waals surface area contributed by atoms with Crippen LogP contribution < -0.4 is 10.1 Å². The molecule has 2 aromatic rings. The molecule has 0 atom stereocenters. The maximum atomic E-state index is 11.9. The Morgan fingerprint density at radius 2 is 1.95 bits per heavy atom. The van der Waals surface area contributed by atoms with Gasteiger partial charge in [-0.1, -0.05) is 12.1 Å². The summed E-state index contributed by atoms with van der Waals surface area (Å²) < 4.78 is 5.11. The number of benzene rings is 2. The summed E-state index contributed by atoms with van der Waals surface area (Å²) >= 11 is 1.67. The third-order valence-electron chi connectivity index (χ3n) is 2.96. The molecule has 0 aliphatic rings. The first-order valence-electron chi connectivity index (χ1n) is 6.81. The topological polar surface area (TPSA) is 38.3 Å². The number of methoxy groups -OCH3 is 1. The van der Waals surface area contributed by atoms with Gasteiger partial charge in [-0.3, -0.25) is 4.79 Å². The normalized spacial score (nSPS) is 10.2. The molecular formula is C17H19NO2S. The zero-order valence-electron chi connectivity index (χ0n) is 12.3. The monoisotopic (exact) mass is 301 g/mol. The first kappa shape index (κ1) is 15.4. The van der Waals surface area contributed by atoms with Crippen molar-refractivity contribution >= 4 is 23.4 Å². The average molecular weight is 301 g/mol. The third kappa shape index (κ3) is 5.16. The number of aryl methyl sites for hydroxylation is 1. The van der Waals surface area contributed by atoms with Crippen LogP contribution in [0.5, 0.6) is 5.75 Å². The van der Waals surface area contributed by atoms with E-state index in [4.69, 9.17) is 4.74 Å². The molecule has 2 aromatic carbocycles. The van der Waals surface area contributed by atoms with Gasteiger partial charge in [0.2, 0.25) is 5.91 Å². The van der Waals surface area contributed by atoms with Gasteiger partial charge >= 0.3 is 0 Å². The lowest BCUT2D eigenvalue weighted by atomic mass is 10.2. The number of ether oxygens (including phenoxy) is 1. The minimum absolute atomic E-state index is 0.0432. The Labute approximate surface area is 129 Å². The van der Waals surface area contributed by atoms with Crippen molar-refractivity contribution < 1.29 is 9.53 Å². The van der Waals surface area contributed by atoms with Crippen molar-refractivity contribution in [3.63, 3.8) is 0 Å². The van der Waals surface area contributed by atoms with Crippen LogP contribution in [0.1, 0.15) is 12.0 Å². The fraction of sp³-hybridized carbons (Fsp3) is 0.235. The van der Waals surface area contributed by atoms with E-state index in [-0.39, 0.29) is 5.91 Å². The number of nitrogens with one attached hydrogen (secondary N) is 1. The fourth-order valence-electron chi connectivity index (χ4n) is 1.88. The fourth-order valence-corrected chi connectivity index (χ4v) is 2.73. The summed E-state index contributed by atoms with van der Waals surface area (Å²) in [5.41, 5.74) is 2.00. The van der Waals surface area contributed by atoms with E-state index in [0.29, 0.717) is 6.42 Å². The lowest BCUT2D eigenvalue weighted by Gasteiger charge is -2.06. The summed E-state index contributed by atoms with van der Waals surface area (Å²) in [5.74, 6) is 1.64. The molecule has 0 unspecified atom stereocenters. The van der Waals surface area contributed by atoms with E-state index < -0.39 is 0 Å². The lowest BCUT2D eigenvalue weighted by Crippen LogP contribution is -2.12. The van der Waals surface area contributed by atoms with E-state index in [1.165, 1.54) is 0 Å². The Kier molecular flexibility index (Phi) is 5.69. The molecule has 0 bridgehead atoms. The highest BCUT2D eigenvalue weighted by Gasteiger charge is 2.03. The minimum Gasteiger partial charge on any atom is -0.497 e. The van der Waals surface area contributed by atoms with Gasteiger partial charge in [0.15, 0.2) is 0 Å². The predicted molar refractivity (Wildman–Crippen MR) is 88.1 cm³/mol. The minimum atomic E-state index is 0.0432. The van der Waals surface area contributed by atoms with Gasteiger partial charge in [0, 0.05) is 22.8 Å². The number of carbonyl (C=O) groups excluding carboxylic acids is 1. The van der Waals surface area contributed by atoms with Crippen LogP contribution in [-0.2, 0) is 4.79 Å². The smallest absolute Gasteiger partial charge is 0.225 e.